The third-order valence-corrected chi connectivity index (χ3v) is 2.59. The number of ether oxygens (including phenoxy) is 2. The minimum Gasteiger partial charge on any atom is -0.504 e. The number of fused-ring (bicyclic) bond motifs is 1. The fourth-order valence-corrected chi connectivity index (χ4v) is 1.79. The number of nitrogen functional groups attached to an aromatic ring is 1. The minimum absolute atomic E-state index is 0.0300. The van der Waals surface area contributed by atoms with Crippen LogP contribution >= 0.6 is 0 Å². The monoisotopic (exact) mass is 239 g/mol. The number of rotatable bonds is 2. The lowest BCUT2D eigenvalue weighted by Crippen LogP contribution is -2.19. The first-order valence-electron chi connectivity index (χ1n) is 4.85. The van der Waals surface area contributed by atoms with Crippen molar-refractivity contribution in [2.75, 3.05) is 20.0 Å². The van der Waals surface area contributed by atoms with E-state index in [0.29, 0.717) is 22.0 Å². The van der Waals surface area contributed by atoms with Crippen LogP contribution in [0.4, 0.5) is 5.69 Å². The smallest absolute Gasteiger partial charge is 0.205 e. The Morgan fingerprint density at radius 1 is 1.35 bits per heavy atom. The molecule has 0 aromatic heterocycles. The highest BCUT2D eigenvalue weighted by Crippen LogP contribution is 2.46. The maximum absolute atomic E-state index is 10.0. The van der Waals surface area contributed by atoms with Gasteiger partial charge in [0.1, 0.15) is 0 Å². The lowest BCUT2D eigenvalue weighted by molar-refractivity contribution is -0.0994. The third-order valence-electron chi connectivity index (χ3n) is 2.59. The average Bonchev–Trinajstić information content (AvgIpc) is 2.33. The zero-order valence-electron chi connectivity index (χ0n) is 9.47. The van der Waals surface area contributed by atoms with E-state index in [0.717, 1.165) is 0 Å². The summed E-state index contributed by atoms with van der Waals surface area (Å²) in [6, 6.07) is 0. The van der Waals surface area contributed by atoms with Gasteiger partial charge in [-0.3, -0.25) is 5.21 Å². The maximum Gasteiger partial charge on any atom is 0.205 e. The number of nitrogens with two attached hydrogens (primary N) is 1. The van der Waals surface area contributed by atoms with Gasteiger partial charge in [0.2, 0.25) is 5.75 Å². The molecule has 0 radical (unpaired) electrons. The van der Waals surface area contributed by atoms with Gasteiger partial charge in [0.15, 0.2) is 11.5 Å². The summed E-state index contributed by atoms with van der Waals surface area (Å²) >= 11 is 0. The average molecular weight is 239 g/mol. The van der Waals surface area contributed by atoms with E-state index < -0.39 is 0 Å². The van der Waals surface area contributed by atoms with Crippen molar-refractivity contribution in [1.82, 2.24) is 5.17 Å². The van der Waals surface area contributed by atoms with Crippen molar-refractivity contribution < 1.29 is 19.8 Å². The second kappa shape index (κ2) is 4.02. The van der Waals surface area contributed by atoms with Crippen LogP contribution in [0.1, 0.15) is 11.1 Å². The topological polar surface area (TPSA) is 101 Å². The van der Waals surface area contributed by atoms with E-state index in [-0.39, 0.29) is 23.8 Å². The lowest BCUT2D eigenvalue weighted by Gasteiger charge is -2.23. The quantitative estimate of drug-likeness (QED) is 0.514. The Morgan fingerprint density at radius 3 is 2.59 bits per heavy atom. The fraction of sp³-hybridized carbons (Fsp3) is 0.300. The summed E-state index contributed by atoms with van der Waals surface area (Å²) in [4.78, 5) is 0. The molecule has 0 saturated heterocycles. The van der Waals surface area contributed by atoms with Crippen molar-refractivity contribution in [3.05, 3.63) is 11.1 Å². The number of aromatic hydroxyl groups is 1. The summed E-state index contributed by atoms with van der Waals surface area (Å²) in [5, 5.41) is 23.7. The number of phenolic OH excluding ortho intramolecular Hbond substituents is 1. The summed E-state index contributed by atoms with van der Waals surface area (Å²) < 4.78 is 10.1. The minimum atomic E-state index is -0.112. The van der Waals surface area contributed by atoms with Crippen LogP contribution in [0.25, 0.3) is 0 Å². The van der Waals surface area contributed by atoms with Crippen molar-refractivity contribution in [3.63, 3.8) is 0 Å². The number of benzene rings is 1. The molecule has 4 N–H and O–H groups in total. The number of anilines is 1. The van der Waals surface area contributed by atoms with Gasteiger partial charge in [-0.15, -0.1) is 0 Å². The summed E-state index contributed by atoms with van der Waals surface area (Å²) in [6.07, 6.45) is 1.36. The molecular formula is C10H13N3O4. The van der Waals surface area contributed by atoms with E-state index >= 15 is 0 Å². The van der Waals surface area contributed by atoms with Crippen LogP contribution in [0.2, 0.25) is 0 Å². The van der Waals surface area contributed by atoms with Crippen LogP contribution in [-0.2, 0) is 6.54 Å². The Bertz CT molecular complexity index is 487. The molecular weight excluding hydrogens is 226 g/mol. The normalized spacial score (nSPS) is 13.5. The van der Waals surface area contributed by atoms with Gasteiger partial charge in [-0.2, -0.15) is 10.3 Å². The number of methoxy groups -OCH3 is 2. The molecule has 92 valence electrons. The van der Waals surface area contributed by atoms with Crippen molar-refractivity contribution >= 4 is 11.9 Å². The molecule has 1 aromatic rings. The van der Waals surface area contributed by atoms with Gasteiger partial charge >= 0.3 is 0 Å². The number of hydrazone groups is 1. The molecule has 0 aliphatic carbocycles. The van der Waals surface area contributed by atoms with Gasteiger partial charge in [0.25, 0.3) is 0 Å². The van der Waals surface area contributed by atoms with Gasteiger partial charge in [-0.25, -0.2) is 0 Å². The molecule has 1 heterocycles. The van der Waals surface area contributed by atoms with Gasteiger partial charge in [-0.05, 0) is 0 Å². The molecule has 0 amide bonds. The standard InChI is InChI=1S/C10H13N3O4/c1-16-9-7(11)5-3-12-13(15)4-6(5)8(14)10(9)17-2/h3,14-15H,4,11H2,1-2H3. The molecule has 1 aliphatic heterocycles. The summed E-state index contributed by atoms with van der Waals surface area (Å²) in [5.74, 6) is 0.285. The summed E-state index contributed by atoms with van der Waals surface area (Å²) in [7, 11) is 2.83. The second-order valence-corrected chi connectivity index (χ2v) is 3.50. The zero-order chi connectivity index (χ0) is 12.6. The number of hydrogen-bond donors (Lipinski definition) is 3. The van der Waals surface area contributed by atoms with Crippen LogP contribution < -0.4 is 15.2 Å². The Kier molecular flexibility index (Phi) is 2.68. The first-order valence-corrected chi connectivity index (χ1v) is 4.85. The predicted octanol–water partition coefficient (Wildman–Crippen LogP) is 0.530. The van der Waals surface area contributed by atoms with Crippen molar-refractivity contribution in [1.29, 1.82) is 0 Å². The van der Waals surface area contributed by atoms with E-state index in [1.165, 1.54) is 20.4 Å². The molecule has 7 nitrogen and oxygen atoms in total. The van der Waals surface area contributed by atoms with E-state index in [1.807, 2.05) is 0 Å². The SMILES string of the molecule is COc1c(N)c2c(c(O)c1OC)CN(O)N=C2. The molecule has 0 bridgehead atoms. The Labute approximate surface area is 97.6 Å². The van der Waals surface area contributed by atoms with Crippen molar-refractivity contribution in [2.24, 2.45) is 5.10 Å². The first-order chi connectivity index (χ1) is 8.10. The maximum atomic E-state index is 10.0. The Morgan fingerprint density at radius 2 is 2.00 bits per heavy atom. The van der Waals surface area contributed by atoms with Crippen LogP contribution in [0.15, 0.2) is 5.10 Å². The highest BCUT2D eigenvalue weighted by molar-refractivity contribution is 5.94. The molecule has 0 fully saturated rings. The largest absolute Gasteiger partial charge is 0.504 e. The number of hydrogen-bond acceptors (Lipinski definition) is 7. The van der Waals surface area contributed by atoms with Gasteiger partial charge in [0, 0.05) is 11.1 Å². The van der Waals surface area contributed by atoms with Gasteiger partial charge in [0.05, 0.1) is 32.7 Å². The van der Waals surface area contributed by atoms with Gasteiger partial charge < -0.3 is 20.3 Å². The molecule has 1 aliphatic rings. The van der Waals surface area contributed by atoms with Crippen LogP contribution in [-0.4, -0.2) is 35.9 Å². The summed E-state index contributed by atoms with van der Waals surface area (Å²) in [6.45, 7) is 0.0300. The molecule has 0 spiro atoms. The number of hydroxylamine groups is 1. The highest BCUT2D eigenvalue weighted by atomic mass is 16.5. The Balaban J connectivity index is 2.72. The fourth-order valence-electron chi connectivity index (χ4n) is 1.79. The van der Waals surface area contributed by atoms with Crippen molar-refractivity contribution in [2.45, 2.75) is 6.54 Å². The van der Waals surface area contributed by atoms with E-state index in [4.69, 9.17) is 15.2 Å². The number of phenols is 1. The van der Waals surface area contributed by atoms with E-state index in [2.05, 4.69) is 5.10 Å². The van der Waals surface area contributed by atoms with Crippen LogP contribution in [0.5, 0.6) is 17.2 Å². The molecule has 2 rings (SSSR count). The van der Waals surface area contributed by atoms with Crippen molar-refractivity contribution in [3.8, 4) is 17.2 Å². The second-order valence-electron chi connectivity index (χ2n) is 3.50. The highest BCUT2D eigenvalue weighted by Gasteiger charge is 2.26. The molecule has 7 heteroatoms. The molecule has 0 atom stereocenters. The number of nitrogens with zero attached hydrogens (tertiary/aromatic N) is 2. The third kappa shape index (κ3) is 1.60. The Hall–Kier alpha value is -2.15. The molecule has 0 unspecified atom stereocenters. The molecule has 17 heavy (non-hydrogen) atoms. The molecule has 1 aromatic carbocycles. The predicted molar refractivity (Wildman–Crippen MR) is 60.5 cm³/mol. The first kappa shape index (κ1) is 11.3. The van der Waals surface area contributed by atoms with Gasteiger partial charge in [-0.1, -0.05) is 0 Å². The van der Waals surface area contributed by atoms with Crippen LogP contribution in [0, 0.1) is 0 Å². The zero-order valence-corrected chi connectivity index (χ0v) is 9.47. The van der Waals surface area contributed by atoms with E-state index in [1.54, 1.807) is 0 Å². The summed E-state index contributed by atoms with van der Waals surface area (Å²) in [5.41, 5.74) is 7.17. The van der Waals surface area contributed by atoms with E-state index in [9.17, 15) is 10.3 Å². The molecule has 0 saturated carbocycles. The lowest BCUT2D eigenvalue weighted by atomic mass is 10.0. The van der Waals surface area contributed by atoms with Crippen LogP contribution in [0.3, 0.4) is 0 Å².